The molecule has 160 valence electrons. The molecule has 0 bridgehead atoms. The third kappa shape index (κ3) is 3.88. The standard InChI is InChI=1S/C26H18N4O2S/c1-16-9-11-19(12-10-16)32-24-20(26(31)30-13-5-6-17(2)23(30)29-24)14-18(15-27)25-28-21-7-3-4-8-22(21)33-25/h3-14H,1-2H3/b18-14+. The minimum Gasteiger partial charge on any atom is -0.438 e. The largest absolute Gasteiger partial charge is 0.438 e. The van der Waals surface area contributed by atoms with E-state index in [2.05, 4.69) is 16.0 Å². The summed E-state index contributed by atoms with van der Waals surface area (Å²) >= 11 is 1.40. The van der Waals surface area contributed by atoms with Gasteiger partial charge in [0.25, 0.3) is 5.56 Å². The van der Waals surface area contributed by atoms with E-state index in [9.17, 15) is 10.1 Å². The van der Waals surface area contributed by atoms with Crippen LogP contribution in [0, 0.1) is 25.2 Å². The number of allylic oxidation sites excluding steroid dienone is 1. The molecule has 3 heterocycles. The van der Waals surface area contributed by atoms with Gasteiger partial charge >= 0.3 is 0 Å². The van der Waals surface area contributed by atoms with Crippen molar-refractivity contribution in [1.29, 1.82) is 5.26 Å². The van der Waals surface area contributed by atoms with Crippen molar-refractivity contribution in [2.24, 2.45) is 0 Å². The van der Waals surface area contributed by atoms with Crippen LogP contribution in [-0.4, -0.2) is 14.4 Å². The van der Waals surface area contributed by atoms with E-state index in [1.807, 2.05) is 68.4 Å². The summed E-state index contributed by atoms with van der Waals surface area (Å²) in [7, 11) is 0. The predicted molar refractivity (Wildman–Crippen MR) is 131 cm³/mol. The van der Waals surface area contributed by atoms with Crippen molar-refractivity contribution in [2.75, 3.05) is 0 Å². The van der Waals surface area contributed by atoms with Gasteiger partial charge in [0.2, 0.25) is 5.88 Å². The lowest BCUT2D eigenvalue weighted by Crippen LogP contribution is -2.19. The van der Waals surface area contributed by atoms with E-state index in [1.54, 1.807) is 12.3 Å². The molecule has 0 spiro atoms. The Bertz CT molecular complexity index is 1610. The number of ether oxygens (including phenoxy) is 1. The number of pyridine rings is 1. The molecule has 0 radical (unpaired) electrons. The van der Waals surface area contributed by atoms with Crippen molar-refractivity contribution in [3.8, 4) is 17.7 Å². The Balaban J connectivity index is 1.72. The van der Waals surface area contributed by atoms with Gasteiger partial charge in [0.15, 0.2) is 0 Å². The monoisotopic (exact) mass is 450 g/mol. The van der Waals surface area contributed by atoms with Gasteiger partial charge in [-0.15, -0.1) is 11.3 Å². The number of aryl methyl sites for hydroxylation is 2. The zero-order chi connectivity index (χ0) is 22.9. The highest BCUT2D eigenvalue weighted by atomic mass is 32.1. The van der Waals surface area contributed by atoms with E-state index in [1.165, 1.54) is 21.8 Å². The number of benzene rings is 2. The van der Waals surface area contributed by atoms with Crippen molar-refractivity contribution in [1.82, 2.24) is 14.4 Å². The molecular weight excluding hydrogens is 432 g/mol. The lowest BCUT2D eigenvalue weighted by molar-refractivity contribution is 0.461. The van der Waals surface area contributed by atoms with Crippen LogP contribution >= 0.6 is 11.3 Å². The maximum Gasteiger partial charge on any atom is 0.269 e. The van der Waals surface area contributed by atoms with Crippen molar-refractivity contribution in [3.63, 3.8) is 0 Å². The second-order valence-corrected chi connectivity index (χ2v) is 8.62. The number of fused-ring (bicyclic) bond motifs is 2. The van der Waals surface area contributed by atoms with Crippen molar-refractivity contribution in [3.05, 3.63) is 98.9 Å². The minimum absolute atomic E-state index is 0.145. The summed E-state index contributed by atoms with van der Waals surface area (Å²) in [4.78, 5) is 22.7. The summed E-state index contributed by atoms with van der Waals surface area (Å²) in [6, 6.07) is 21.0. The maximum atomic E-state index is 13.5. The predicted octanol–water partition coefficient (Wildman–Crippen LogP) is 5.78. The molecule has 0 aliphatic heterocycles. The van der Waals surface area contributed by atoms with Gasteiger partial charge in [-0.2, -0.15) is 10.2 Å². The molecule has 2 aromatic carbocycles. The van der Waals surface area contributed by atoms with Crippen LogP contribution in [0.25, 0.3) is 27.5 Å². The lowest BCUT2D eigenvalue weighted by Gasteiger charge is -2.11. The first-order valence-corrected chi connectivity index (χ1v) is 11.1. The zero-order valence-electron chi connectivity index (χ0n) is 17.9. The molecule has 0 amide bonds. The molecule has 0 N–H and O–H groups in total. The maximum absolute atomic E-state index is 13.5. The highest BCUT2D eigenvalue weighted by Crippen LogP contribution is 2.30. The van der Waals surface area contributed by atoms with E-state index in [4.69, 9.17) is 4.74 Å². The number of thiazole rings is 1. The molecule has 0 aliphatic rings. The Morgan fingerprint density at radius 1 is 1.06 bits per heavy atom. The molecule has 5 aromatic rings. The Kier molecular flexibility index (Phi) is 5.21. The van der Waals surface area contributed by atoms with Gasteiger partial charge in [0.1, 0.15) is 28.0 Å². The van der Waals surface area contributed by atoms with Gasteiger partial charge in [-0.1, -0.05) is 35.9 Å². The SMILES string of the molecule is Cc1ccc(Oc2nc3c(C)cccn3c(=O)c2/C=C(\C#N)c2nc3ccccc3s2)cc1. The van der Waals surface area contributed by atoms with E-state index < -0.39 is 0 Å². The first kappa shape index (κ1) is 20.6. The smallest absolute Gasteiger partial charge is 0.269 e. The summed E-state index contributed by atoms with van der Waals surface area (Å²) in [5, 5.41) is 10.4. The van der Waals surface area contributed by atoms with Crippen LogP contribution in [0.4, 0.5) is 0 Å². The van der Waals surface area contributed by atoms with Crippen LogP contribution in [0.5, 0.6) is 11.6 Å². The molecule has 0 aliphatic carbocycles. The molecule has 5 rings (SSSR count). The van der Waals surface area contributed by atoms with Crippen molar-refractivity contribution < 1.29 is 4.74 Å². The van der Waals surface area contributed by atoms with Crippen LogP contribution in [0.2, 0.25) is 0 Å². The number of nitrogens with zero attached hydrogens (tertiary/aromatic N) is 4. The average molecular weight is 451 g/mol. The van der Waals surface area contributed by atoms with E-state index in [0.29, 0.717) is 16.4 Å². The Hall–Kier alpha value is -4.28. The van der Waals surface area contributed by atoms with Gasteiger partial charge in [-0.25, -0.2) is 4.98 Å². The first-order valence-electron chi connectivity index (χ1n) is 10.3. The lowest BCUT2D eigenvalue weighted by atomic mass is 10.2. The Labute approximate surface area is 193 Å². The second kappa shape index (κ2) is 8.34. The first-order chi connectivity index (χ1) is 16.0. The molecular formula is C26H18N4O2S. The summed E-state index contributed by atoms with van der Waals surface area (Å²) in [5.74, 6) is 0.700. The third-order valence-electron chi connectivity index (χ3n) is 5.22. The molecule has 0 saturated carbocycles. The molecule has 6 nitrogen and oxygen atoms in total. The average Bonchev–Trinajstić information content (AvgIpc) is 3.25. The van der Waals surface area contributed by atoms with Crippen LogP contribution < -0.4 is 10.3 Å². The number of hydrogen-bond donors (Lipinski definition) is 0. The molecule has 0 fully saturated rings. The number of para-hydroxylation sites is 1. The third-order valence-corrected chi connectivity index (χ3v) is 6.29. The normalized spacial score (nSPS) is 11.6. The van der Waals surface area contributed by atoms with Crippen LogP contribution in [0.15, 0.2) is 71.7 Å². The fourth-order valence-corrected chi connectivity index (χ4v) is 4.42. The van der Waals surface area contributed by atoms with E-state index in [-0.39, 0.29) is 22.6 Å². The van der Waals surface area contributed by atoms with E-state index >= 15 is 0 Å². The summed E-state index contributed by atoms with van der Waals surface area (Å²) in [6.45, 7) is 3.87. The quantitative estimate of drug-likeness (QED) is 0.324. The van der Waals surface area contributed by atoms with Crippen molar-refractivity contribution in [2.45, 2.75) is 13.8 Å². The topological polar surface area (TPSA) is 80.3 Å². The fraction of sp³-hybridized carbons (Fsp3) is 0.0769. The number of hydrogen-bond acceptors (Lipinski definition) is 6. The van der Waals surface area contributed by atoms with Gasteiger partial charge in [-0.05, 0) is 55.8 Å². The molecule has 33 heavy (non-hydrogen) atoms. The molecule has 0 saturated heterocycles. The molecule has 0 atom stereocenters. The number of rotatable bonds is 4. The van der Waals surface area contributed by atoms with Gasteiger partial charge in [-0.3, -0.25) is 9.20 Å². The van der Waals surface area contributed by atoms with Crippen LogP contribution in [-0.2, 0) is 0 Å². The summed E-state index contributed by atoms with van der Waals surface area (Å²) in [6.07, 6.45) is 3.18. The summed E-state index contributed by atoms with van der Waals surface area (Å²) in [5.41, 5.74) is 3.38. The van der Waals surface area contributed by atoms with Crippen molar-refractivity contribution >= 4 is 38.8 Å². The zero-order valence-corrected chi connectivity index (χ0v) is 18.8. The second-order valence-electron chi connectivity index (χ2n) is 7.59. The number of nitriles is 1. The molecule has 7 heteroatoms. The molecule has 3 aromatic heterocycles. The summed E-state index contributed by atoms with van der Waals surface area (Å²) < 4.78 is 8.49. The highest BCUT2D eigenvalue weighted by molar-refractivity contribution is 7.19. The fourth-order valence-electron chi connectivity index (χ4n) is 3.48. The highest BCUT2D eigenvalue weighted by Gasteiger charge is 2.17. The Morgan fingerprint density at radius 3 is 2.61 bits per heavy atom. The molecule has 0 unspecified atom stereocenters. The Morgan fingerprint density at radius 2 is 1.85 bits per heavy atom. The van der Waals surface area contributed by atoms with E-state index in [0.717, 1.165) is 21.3 Å². The van der Waals surface area contributed by atoms with Gasteiger partial charge in [0.05, 0.1) is 15.8 Å². The number of aromatic nitrogens is 3. The van der Waals surface area contributed by atoms with Crippen LogP contribution in [0.3, 0.4) is 0 Å². The minimum atomic E-state index is -0.320. The van der Waals surface area contributed by atoms with Crippen LogP contribution in [0.1, 0.15) is 21.7 Å². The van der Waals surface area contributed by atoms with Gasteiger partial charge in [0, 0.05) is 6.20 Å². The van der Waals surface area contributed by atoms with Gasteiger partial charge < -0.3 is 4.74 Å².